The standard InChI is InChI=1S/C28H36N2O4S2/c1-33-23-9-3-21(4-10-23)7-13-27(31)29-17-15-25(19-29)35-36-26-16-18-30(20-26)28(32)14-8-22-5-11-24(34-2)12-6-22/h3-6,9-12,25-26H,7-8,13-20H2,1-2H3/t25-,26-/m1/s1. The summed E-state index contributed by atoms with van der Waals surface area (Å²) in [4.78, 5) is 29.4. The second-order valence-electron chi connectivity index (χ2n) is 9.39. The highest BCUT2D eigenvalue weighted by atomic mass is 33.1. The van der Waals surface area contributed by atoms with E-state index in [0.29, 0.717) is 23.3 Å². The van der Waals surface area contributed by atoms with Gasteiger partial charge in [0.2, 0.25) is 11.8 Å². The van der Waals surface area contributed by atoms with Crippen molar-refractivity contribution >= 4 is 33.4 Å². The average Bonchev–Trinajstić information content (AvgIpc) is 3.60. The number of ether oxygens (including phenoxy) is 2. The Labute approximate surface area is 222 Å². The number of methoxy groups -OCH3 is 2. The van der Waals surface area contributed by atoms with Gasteiger partial charge in [-0.2, -0.15) is 0 Å². The van der Waals surface area contributed by atoms with Crippen molar-refractivity contribution in [1.82, 2.24) is 9.80 Å². The summed E-state index contributed by atoms with van der Waals surface area (Å²) >= 11 is 0. The van der Waals surface area contributed by atoms with Crippen LogP contribution in [0.5, 0.6) is 11.5 Å². The fourth-order valence-corrected chi connectivity index (χ4v) is 7.71. The Hall–Kier alpha value is -2.32. The fourth-order valence-electron chi connectivity index (χ4n) is 4.63. The molecule has 2 fully saturated rings. The molecule has 2 heterocycles. The van der Waals surface area contributed by atoms with Crippen LogP contribution in [0.2, 0.25) is 0 Å². The first-order valence-electron chi connectivity index (χ1n) is 12.7. The van der Waals surface area contributed by atoms with Crippen molar-refractivity contribution in [3.05, 3.63) is 59.7 Å². The molecule has 2 aromatic rings. The number of carbonyl (C=O) groups excluding carboxylic acids is 2. The van der Waals surface area contributed by atoms with E-state index in [1.165, 1.54) is 0 Å². The second-order valence-corrected chi connectivity index (χ2v) is 12.3. The minimum Gasteiger partial charge on any atom is -0.497 e. The summed E-state index contributed by atoms with van der Waals surface area (Å²) in [5, 5.41) is 0.944. The predicted molar refractivity (Wildman–Crippen MR) is 148 cm³/mol. The van der Waals surface area contributed by atoms with Crippen molar-refractivity contribution in [2.45, 2.75) is 49.0 Å². The number of nitrogens with zero attached hydrogens (tertiary/aromatic N) is 2. The van der Waals surface area contributed by atoms with Crippen LogP contribution in [0.4, 0.5) is 0 Å². The summed E-state index contributed by atoms with van der Waals surface area (Å²) in [6.45, 7) is 3.35. The van der Waals surface area contributed by atoms with E-state index >= 15 is 0 Å². The van der Waals surface area contributed by atoms with E-state index in [0.717, 1.165) is 74.5 Å². The number of hydrogen-bond acceptors (Lipinski definition) is 6. The molecule has 0 aromatic heterocycles. The Morgan fingerprint density at radius 2 is 1.11 bits per heavy atom. The number of hydrogen-bond donors (Lipinski definition) is 0. The van der Waals surface area contributed by atoms with Crippen LogP contribution in [0.25, 0.3) is 0 Å². The van der Waals surface area contributed by atoms with Crippen molar-refractivity contribution < 1.29 is 19.1 Å². The highest BCUT2D eigenvalue weighted by Gasteiger charge is 2.30. The van der Waals surface area contributed by atoms with Crippen molar-refractivity contribution in [3.8, 4) is 11.5 Å². The average molecular weight is 529 g/mol. The zero-order valence-electron chi connectivity index (χ0n) is 21.2. The number of likely N-dealkylation sites (tertiary alicyclic amines) is 2. The number of carbonyl (C=O) groups is 2. The first-order chi connectivity index (χ1) is 17.5. The summed E-state index contributed by atoms with van der Waals surface area (Å²) in [6, 6.07) is 15.9. The molecule has 2 amide bonds. The van der Waals surface area contributed by atoms with Gasteiger partial charge in [-0.3, -0.25) is 9.59 Å². The van der Waals surface area contributed by atoms with Gasteiger partial charge in [0, 0.05) is 49.5 Å². The number of benzene rings is 2. The van der Waals surface area contributed by atoms with Gasteiger partial charge in [-0.25, -0.2) is 0 Å². The Balaban J connectivity index is 1.11. The SMILES string of the molecule is COc1ccc(CCC(=O)N2CC[C@@H](SS[C@@H]3CCN(C(=O)CCc4ccc(OC)cc4)C3)C2)cc1. The topological polar surface area (TPSA) is 59.1 Å². The minimum absolute atomic E-state index is 0.244. The van der Waals surface area contributed by atoms with Crippen molar-refractivity contribution in [1.29, 1.82) is 0 Å². The summed E-state index contributed by atoms with van der Waals surface area (Å²) < 4.78 is 10.4. The smallest absolute Gasteiger partial charge is 0.222 e. The molecule has 4 rings (SSSR count). The molecule has 2 aromatic carbocycles. The van der Waals surface area contributed by atoms with Gasteiger partial charge in [-0.1, -0.05) is 45.9 Å². The van der Waals surface area contributed by atoms with Gasteiger partial charge in [-0.15, -0.1) is 0 Å². The van der Waals surface area contributed by atoms with Gasteiger partial charge in [0.05, 0.1) is 14.2 Å². The Kier molecular flexibility index (Phi) is 9.87. The molecule has 36 heavy (non-hydrogen) atoms. The normalized spacial score (nSPS) is 19.5. The number of rotatable bonds is 11. The van der Waals surface area contributed by atoms with Gasteiger partial charge in [0.15, 0.2) is 0 Å². The maximum absolute atomic E-state index is 12.7. The highest BCUT2D eigenvalue weighted by Crippen LogP contribution is 2.39. The lowest BCUT2D eigenvalue weighted by atomic mass is 10.1. The fraction of sp³-hybridized carbons (Fsp3) is 0.500. The van der Waals surface area contributed by atoms with Gasteiger partial charge in [-0.05, 0) is 61.1 Å². The number of amides is 2. The van der Waals surface area contributed by atoms with E-state index in [1.54, 1.807) is 14.2 Å². The molecule has 0 aliphatic carbocycles. The lowest BCUT2D eigenvalue weighted by Crippen LogP contribution is -2.29. The van der Waals surface area contributed by atoms with E-state index in [9.17, 15) is 9.59 Å². The van der Waals surface area contributed by atoms with E-state index in [-0.39, 0.29) is 11.8 Å². The summed E-state index contributed by atoms with van der Waals surface area (Å²) in [5.74, 6) is 2.16. The zero-order valence-corrected chi connectivity index (χ0v) is 22.8. The van der Waals surface area contributed by atoms with Crippen molar-refractivity contribution in [2.24, 2.45) is 0 Å². The quantitative estimate of drug-likeness (QED) is 0.389. The van der Waals surface area contributed by atoms with Crippen LogP contribution >= 0.6 is 21.6 Å². The van der Waals surface area contributed by atoms with E-state index in [4.69, 9.17) is 9.47 Å². The van der Waals surface area contributed by atoms with Crippen LogP contribution in [0, 0.1) is 0 Å². The molecule has 194 valence electrons. The molecule has 8 heteroatoms. The van der Waals surface area contributed by atoms with E-state index in [2.05, 4.69) is 0 Å². The molecule has 0 bridgehead atoms. The van der Waals surface area contributed by atoms with E-state index < -0.39 is 0 Å². The molecule has 0 spiro atoms. The van der Waals surface area contributed by atoms with Gasteiger partial charge >= 0.3 is 0 Å². The van der Waals surface area contributed by atoms with Crippen LogP contribution in [-0.2, 0) is 22.4 Å². The first kappa shape index (κ1) is 26.7. The molecule has 0 N–H and O–H groups in total. The van der Waals surface area contributed by atoms with Crippen molar-refractivity contribution in [3.63, 3.8) is 0 Å². The monoisotopic (exact) mass is 528 g/mol. The van der Waals surface area contributed by atoms with Gasteiger partial charge < -0.3 is 19.3 Å². The maximum Gasteiger partial charge on any atom is 0.222 e. The largest absolute Gasteiger partial charge is 0.497 e. The Morgan fingerprint density at radius 3 is 1.47 bits per heavy atom. The molecule has 0 unspecified atom stereocenters. The number of aryl methyl sites for hydroxylation is 2. The molecule has 2 aliphatic heterocycles. The summed E-state index contributed by atoms with van der Waals surface area (Å²) in [6.07, 6.45) is 4.71. The van der Waals surface area contributed by atoms with Gasteiger partial charge in [0.1, 0.15) is 11.5 Å². The highest BCUT2D eigenvalue weighted by molar-refractivity contribution is 8.77. The minimum atomic E-state index is 0.244. The molecule has 2 aliphatic rings. The molecule has 0 saturated carbocycles. The maximum atomic E-state index is 12.7. The molecule has 6 nitrogen and oxygen atoms in total. The van der Waals surface area contributed by atoms with Crippen LogP contribution < -0.4 is 9.47 Å². The summed E-state index contributed by atoms with van der Waals surface area (Å²) in [5.41, 5.74) is 2.32. The summed E-state index contributed by atoms with van der Waals surface area (Å²) in [7, 11) is 7.13. The third kappa shape index (κ3) is 7.59. The second kappa shape index (κ2) is 13.3. The molecule has 2 saturated heterocycles. The Morgan fingerprint density at radius 1 is 0.722 bits per heavy atom. The molecule has 0 radical (unpaired) electrons. The first-order valence-corrected chi connectivity index (χ1v) is 14.9. The Bertz CT molecular complexity index is 918. The zero-order chi connectivity index (χ0) is 25.3. The van der Waals surface area contributed by atoms with E-state index in [1.807, 2.05) is 79.9 Å². The van der Waals surface area contributed by atoms with Gasteiger partial charge in [0.25, 0.3) is 0 Å². The molecular weight excluding hydrogens is 492 g/mol. The van der Waals surface area contributed by atoms with Crippen LogP contribution in [-0.4, -0.2) is 72.5 Å². The third-order valence-corrected chi connectivity index (χ3v) is 10.3. The van der Waals surface area contributed by atoms with Crippen LogP contribution in [0.15, 0.2) is 48.5 Å². The molecule has 2 atom stereocenters. The van der Waals surface area contributed by atoms with Crippen LogP contribution in [0.3, 0.4) is 0 Å². The lowest BCUT2D eigenvalue weighted by molar-refractivity contribution is -0.130. The third-order valence-electron chi connectivity index (χ3n) is 6.90. The van der Waals surface area contributed by atoms with Crippen molar-refractivity contribution in [2.75, 3.05) is 40.4 Å². The molecular formula is C28H36N2O4S2. The predicted octanol–water partition coefficient (Wildman–Crippen LogP) is 4.85. The lowest BCUT2D eigenvalue weighted by Gasteiger charge is -2.18. The van der Waals surface area contributed by atoms with Crippen LogP contribution in [0.1, 0.15) is 36.8 Å².